The van der Waals surface area contributed by atoms with E-state index < -0.39 is 11.7 Å². The average molecular weight is 324 g/mol. The summed E-state index contributed by atoms with van der Waals surface area (Å²) in [6.45, 7) is 3.26. The number of primary amides is 1. The Bertz CT molecular complexity index is 767. The summed E-state index contributed by atoms with van der Waals surface area (Å²) >= 11 is 0. The molecular weight excluding hydrogens is 303 g/mol. The summed E-state index contributed by atoms with van der Waals surface area (Å²) in [4.78, 5) is 14.1. The van der Waals surface area contributed by atoms with Crippen LogP contribution in [-0.2, 0) is 0 Å². The van der Waals surface area contributed by atoms with Crippen LogP contribution in [0.3, 0.4) is 0 Å². The minimum atomic E-state index is -0.717. The average Bonchev–Trinajstić information content (AvgIpc) is 2.62. The lowest BCUT2D eigenvalue weighted by atomic mass is 9.73. The number of fused-ring (bicyclic) bond motifs is 3. The monoisotopic (exact) mass is 324 g/mol. The van der Waals surface area contributed by atoms with E-state index in [0.29, 0.717) is 17.4 Å². The minimum Gasteiger partial charge on any atom is -0.366 e. The molecule has 0 saturated carbocycles. The van der Waals surface area contributed by atoms with Crippen molar-refractivity contribution in [3.8, 4) is 11.1 Å². The van der Waals surface area contributed by atoms with Crippen LogP contribution in [-0.4, -0.2) is 30.4 Å². The van der Waals surface area contributed by atoms with Gasteiger partial charge in [0.15, 0.2) is 0 Å². The molecule has 1 atom stereocenters. The normalized spacial score (nSPS) is 25.6. The fourth-order valence-electron chi connectivity index (χ4n) is 4.31. The van der Waals surface area contributed by atoms with Gasteiger partial charge in [-0.25, -0.2) is 4.39 Å². The molecule has 3 heterocycles. The molecule has 5 rings (SSSR count). The number of hydrogen-bond acceptors (Lipinski definition) is 2. The van der Waals surface area contributed by atoms with Gasteiger partial charge in [-0.3, -0.25) is 4.79 Å². The largest absolute Gasteiger partial charge is 0.366 e. The van der Waals surface area contributed by atoms with Crippen molar-refractivity contribution in [2.24, 2.45) is 11.7 Å². The first-order valence-electron chi connectivity index (χ1n) is 8.55. The zero-order chi connectivity index (χ0) is 16.7. The number of carbonyl (C=O) groups excluding carboxylic acids is 1. The summed E-state index contributed by atoms with van der Waals surface area (Å²) in [5, 5.41) is 0. The molecule has 0 unspecified atom stereocenters. The SMILES string of the molecule is NC(=O)c1ccc([C@@H]2CN3CCC2CC3)c(-c2ccccc2)c1F. The van der Waals surface area contributed by atoms with Crippen molar-refractivity contribution in [2.45, 2.75) is 18.8 Å². The van der Waals surface area contributed by atoms with Gasteiger partial charge < -0.3 is 10.6 Å². The maximum atomic E-state index is 15.2. The highest BCUT2D eigenvalue weighted by Gasteiger charge is 2.37. The molecular formula is C20H21FN2O. The van der Waals surface area contributed by atoms with Crippen molar-refractivity contribution in [2.75, 3.05) is 19.6 Å². The molecule has 3 fully saturated rings. The summed E-state index contributed by atoms with van der Waals surface area (Å²) < 4.78 is 15.2. The van der Waals surface area contributed by atoms with E-state index in [2.05, 4.69) is 4.90 Å². The highest BCUT2D eigenvalue weighted by atomic mass is 19.1. The Hall–Kier alpha value is -2.20. The second-order valence-corrected chi connectivity index (χ2v) is 6.87. The number of rotatable bonds is 3. The fourth-order valence-corrected chi connectivity index (χ4v) is 4.31. The van der Waals surface area contributed by atoms with E-state index >= 15 is 4.39 Å². The molecule has 24 heavy (non-hydrogen) atoms. The third kappa shape index (κ3) is 2.51. The van der Waals surface area contributed by atoms with Gasteiger partial charge in [0.2, 0.25) is 0 Å². The molecule has 0 aromatic heterocycles. The first kappa shape index (κ1) is 15.3. The van der Waals surface area contributed by atoms with Gasteiger partial charge in [0.05, 0.1) is 5.56 Å². The summed E-state index contributed by atoms with van der Waals surface area (Å²) in [6.07, 6.45) is 2.33. The zero-order valence-electron chi connectivity index (χ0n) is 13.5. The smallest absolute Gasteiger partial charge is 0.251 e. The van der Waals surface area contributed by atoms with Crippen molar-refractivity contribution in [1.82, 2.24) is 4.90 Å². The predicted octanol–water partition coefficient (Wildman–Crippen LogP) is 3.40. The number of amides is 1. The Morgan fingerprint density at radius 2 is 1.79 bits per heavy atom. The highest BCUT2D eigenvalue weighted by molar-refractivity contribution is 5.95. The van der Waals surface area contributed by atoms with E-state index in [9.17, 15) is 4.79 Å². The quantitative estimate of drug-likeness (QED) is 0.940. The number of nitrogens with two attached hydrogens (primary N) is 1. The molecule has 0 aliphatic carbocycles. The van der Waals surface area contributed by atoms with Crippen LogP contribution in [0, 0.1) is 11.7 Å². The Labute approximate surface area is 141 Å². The molecule has 2 aromatic rings. The van der Waals surface area contributed by atoms with Gasteiger partial charge in [0.25, 0.3) is 5.91 Å². The van der Waals surface area contributed by atoms with Gasteiger partial charge in [0, 0.05) is 18.0 Å². The van der Waals surface area contributed by atoms with E-state index in [1.54, 1.807) is 6.07 Å². The summed E-state index contributed by atoms with van der Waals surface area (Å²) in [7, 11) is 0. The summed E-state index contributed by atoms with van der Waals surface area (Å²) in [5.74, 6) is -0.289. The Kier molecular flexibility index (Phi) is 3.85. The molecule has 3 nitrogen and oxygen atoms in total. The van der Waals surface area contributed by atoms with Crippen LogP contribution in [0.15, 0.2) is 42.5 Å². The number of carbonyl (C=O) groups is 1. The van der Waals surface area contributed by atoms with Crippen LogP contribution in [0.5, 0.6) is 0 Å². The van der Waals surface area contributed by atoms with Gasteiger partial charge in [-0.1, -0.05) is 36.4 Å². The highest BCUT2D eigenvalue weighted by Crippen LogP contribution is 2.43. The Balaban J connectivity index is 1.88. The molecule has 1 amide bonds. The Morgan fingerprint density at radius 1 is 1.08 bits per heavy atom. The molecule has 3 aliphatic rings. The molecule has 2 bridgehead atoms. The zero-order valence-corrected chi connectivity index (χ0v) is 13.5. The van der Waals surface area contributed by atoms with Gasteiger partial charge in [-0.15, -0.1) is 0 Å². The van der Waals surface area contributed by atoms with Crippen LogP contribution in [0.4, 0.5) is 4.39 Å². The van der Waals surface area contributed by atoms with E-state index in [4.69, 9.17) is 5.73 Å². The van der Waals surface area contributed by atoms with E-state index in [1.807, 2.05) is 36.4 Å². The number of halogens is 1. The van der Waals surface area contributed by atoms with Crippen LogP contribution in [0.1, 0.15) is 34.7 Å². The van der Waals surface area contributed by atoms with Gasteiger partial charge in [-0.05, 0) is 49.0 Å². The lowest BCUT2D eigenvalue weighted by Gasteiger charge is -2.45. The fraction of sp³-hybridized carbons (Fsp3) is 0.350. The number of piperidine rings is 3. The third-order valence-electron chi connectivity index (χ3n) is 5.56. The minimum absolute atomic E-state index is 0.0288. The van der Waals surface area contributed by atoms with Crippen molar-refractivity contribution in [1.29, 1.82) is 0 Å². The third-order valence-corrected chi connectivity index (χ3v) is 5.56. The number of benzene rings is 2. The van der Waals surface area contributed by atoms with Crippen molar-refractivity contribution >= 4 is 5.91 Å². The van der Waals surface area contributed by atoms with E-state index in [-0.39, 0.29) is 5.56 Å². The molecule has 3 aliphatic heterocycles. The van der Waals surface area contributed by atoms with E-state index in [0.717, 1.165) is 43.6 Å². The first-order valence-corrected chi connectivity index (χ1v) is 8.55. The predicted molar refractivity (Wildman–Crippen MR) is 92.3 cm³/mol. The van der Waals surface area contributed by atoms with Crippen molar-refractivity contribution in [3.05, 3.63) is 59.4 Å². The van der Waals surface area contributed by atoms with Crippen LogP contribution < -0.4 is 5.73 Å². The molecule has 4 heteroatoms. The van der Waals surface area contributed by atoms with Crippen LogP contribution in [0.25, 0.3) is 11.1 Å². The lowest BCUT2D eigenvalue weighted by Crippen LogP contribution is -2.46. The molecule has 124 valence electrons. The Morgan fingerprint density at radius 3 is 2.38 bits per heavy atom. The molecule has 3 saturated heterocycles. The second-order valence-electron chi connectivity index (χ2n) is 6.87. The molecule has 2 aromatic carbocycles. The lowest BCUT2D eigenvalue weighted by molar-refractivity contribution is 0.0871. The summed E-state index contributed by atoms with van der Waals surface area (Å²) in [5.41, 5.74) is 7.70. The maximum absolute atomic E-state index is 15.2. The van der Waals surface area contributed by atoms with Gasteiger partial charge in [0.1, 0.15) is 5.82 Å². The summed E-state index contributed by atoms with van der Waals surface area (Å²) in [6, 6.07) is 13.0. The number of nitrogens with zero attached hydrogens (tertiary/aromatic N) is 1. The van der Waals surface area contributed by atoms with Gasteiger partial charge >= 0.3 is 0 Å². The van der Waals surface area contributed by atoms with Crippen LogP contribution in [0.2, 0.25) is 0 Å². The maximum Gasteiger partial charge on any atom is 0.251 e. The second kappa shape index (κ2) is 6.02. The van der Waals surface area contributed by atoms with E-state index in [1.165, 1.54) is 0 Å². The molecule has 2 N–H and O–H groups in total. The molecule has 0 radical (unpaired) electrons. The van der Waals surface area contributed by atoms with Crippen LogP contribution >= 0.6 is 0 Å². The van der Waals surface area contributed by atoms with Crippen molar-refractivity contribution < 1.29 is 9.18 Å². The molecule has 0 spiro atoms. The number of hydrogen-bond donors (Lipinski definition) is 1. The first-order chi connectivity index (χ1) is 11.6. The standard InChI is InChI=1S/C20H21FN2O/c21-19-16(20(22)24)7-6-15(18(19)14-4-2-1-3-5-14)17-12-23-10-8-13(17)9-11-23/h1-7,13,17H,8-12H2,(H2,22,24)/t17-/m1/s1. The van der Waals surface area contributed by atoms with Crippen molar-refractivity contribution in [3.63, 3.8) is 0 Å². The van der Waals surface area contributed by atoms with Gasteiger partial charge in [-0.2, -0.15) is 0 Å². The topological polar surface area (TPSA) is 46.3 Å².